The molecule has 0 spiro atoms. The average molecular weight is 356 g/mol. The topological polar surface area (TPSA) is 112 Å². The molecule has 3 rings (SSSR count). The zero-order valence-electron chi connectivity index (χ0n) is 14.0. The van der Waals surface area contributed by atoms with E-state index in [4.69, 9.17) is 10.2 Å². The van der Waals surface area contributed by atoms with Crippen LogP contribution in [0, 0.1) is 0 Å². The summed E-state index contributed by atoms with van der Waals surface area (Å²) >= 11 is 0. The summed E-state index contributed by atoms with van der Waals surface area (Å²) in [4.78, 5) is 21.8. The summed E-state index contributed by atoms with van der Waals surface area (Å²) in [5.74, 6) is -2.46. The van der Waals surface area contributed by atoms with E-state index in [-0.39, 0.29) is 13.1 Å². The van der Waals surface area contributed by atoms with Crippen molar-refractivity contribution in [1.82, 2.24) is 9.88 Å². The number of para-hydroxylation sites is 2. The SMILES string of the molecule is O=C(O)C[C@H](NC[C@H](O)Cn1c2ccccc2c2ccccc21)C(=O)O. The maximum Gasteiger partial charge on any atom is 0.321 e. The number of hydrogen-bond acceptors (Lipinski definition) is 4. The first kappa shape index (κ1) is 17.9. The number of nitrogens with zero attached hydrogens (tertiary/aromatic N) is 1. The second-order valence-electron chi connectivity index (χ2n) is 6.20. The van der Waals surface area contributed by atoms with E-state index >= 15 is 0 Å². The van der Waals surface area contributed by atoms with Crippen LogP contribution in [0.3, 0.4) is 0 Å². The van der Waals surface area contributed by atoms with E-state index < -0.39 is 30.5 Å². The molecule has 1 heterocycles. The number of hydrogen-bond donors (Lipinski definition) is 4. The van der Waals surface area contributed by atoms with E-state index in [1.807, 2.05) is 53.1 Å². The fourth-order valence-corrected chi connectivity index (χ4v) is 3.18. The van der Waals surface area contributed by atoms with Crippen LogP contribution in [0.5, 0.6) is 0 Å². The van der Waals surface area contributed by atoms with Crippen LogP contribution in [-0.2, 0) is 16.1 Å². The molecular weight excluding hydrogens is 336 g/mol. The third-order valence-electron chi connectivity index (χ3n) is 4.35. The Hall–Kier alpha value is -2.90. The molecule has 0 bridgehead atoms. The minimum absolute atomic E-state index is 0.0227. The fourth-order valence-electron chi connectivity index (χ4n) is 3.18. The fraction of sp³-hybridized carbons (Fsp3) is 0.263. The second kappa shape index (κ2) is 7.55. The number of carbonyl (C=O) groups is 2. The molecule has 136 valence electrons. The van der Waals surface area contributed by atoms with E-state index in [0.29, 0.717) is 0 Å². The van der Waals surface area contributed by atoms with Crippen molar-refractivity contribution < 1.29 is 24.9 Å². The Kier molecular flexibility index (Phi) is 5.20. The molecule has 4 N–H and O–H groups in total. The van der Waals surface area contributed by atoms with Crippen molar-refractivity contribution in [3.8, 4) is 0 Å². The largest absolute Gasteiger partial charge is 0.481 e. The van der Waals surface area contributed by atoms with Gasteiger partial charge in [0.1, 0.15) is 6.04 Å². The Balaban J connectivity index is 1.79. The number of fused-ring (bicyclic) bond motifs is 3. The number of aliphatic hydroxyl groups is 1. The Morgan fingerprint density at radius 2 is 1.50 bits per heavy atom. The van der Waals surface area contributed by atoms with E-state index in [9.17, 15) is 14.7 Å². The summed E-state index contributed by atoms with van der Waals surface area (Å²) < 4.78 is 1.99. The van der Waals surface area contributed by atoms with Crippen LogP contribution in [0.1, 0.15) is 6.42 Å². The van der Waals surface area contributed by atoms with Crippen molar-refractivity contribution in [2.75, 3.05) is 6.54 Å². The lowest BCUT2D eigenvalue weighted by Gasteiger charge is -2.17. The zero-order chi connectivity index (χ0) is 18.7. The number of benzene rings is 2. The summed E-state index contributed by atoms with van der Waals surface area (Å²) in [5, 5.41) is 33.0. The lowest BCUT2D eigenvalue weighted by Crippen LogP contribution is -2.43. The highest BCUT2D eigenvalue weighted by Gasteiger charge is 2.22. The van der Waals surface area contributed by atoms with Crippen molar-refractivity contribution in [1.29, 1.82) is 0 Å². The van der Waals surface area contributed by atoms with Crippen LogP contribution in [-0.4, -0.2) is 50.5 Å². The molecule has 7 heteroatoms. The molecule has 0 saturated carbocycles. The van der Waals surface area contributed by atoms with E-state index in [1.165, 1.54) is 0 Å². The quantitative estimate of drug-likeness (QED) is 0.488. The van der Waals surface area contributed by atoms with Crippen molar-refractivity contribution >= 4 is 33.7 Å². The smallest absolute Gasteiger partial charge is 0.321 e. The van der Waals surface area contributed by atoms with Crippen molar-refractivity contribution in [2.45, 2.75) is 25.1 Å². The average Bonchev–Trinajstić information content (AvgIpc) is 2.93. The molecule has 2 atom stereocenters. The molecule has 0 saturated heterocycles. The lowest BCUT2D eigenvalue weighted by molar-refractivity contribution is -0.146. The summed E-state index contributed by atoms with van der Waals surface area (Å²) in [6.45, 7) is 0.242. The molecule has 26 heavy (non-hydrogen) atoms. The highest BCUT2D eigenvalue weighted by Crippen LogP contribution is 2.28. The number of nitrogens with one attached hydrogen (secondary N) is 1. The van der Waals surface area contributed by atoms with Gasteiger partial charge in [-0.3, -0.25) is 9.59 Å². The molecule has 0 aliphatic rings. The van der Waals surface area contributed by atoms with Crippen molar-refractivity contribution in [3.05, 3.63) is 48.5 Å². The summed E-state index contributed by atoms with van der Waals surface area (Å²) in [5.41, 5.74) is 1.96. The highest BCUT2D eigenvalue weighted by atomic mass is 16.4. The third kappa shape index (κ3) is 3.68. The van der Waals surface area contributed by atoms with Crippen LogP contribution >= 0.6 is 0 Å². The maximum atomic E-state index is 11.1. The monoisotopic (exact) mass is 356 g/mol. The predicted octanol–water partition coefficient (Wildman–Crippen LogP) is 1.67. The first-order valence-electron chi connectivity index (χ1n) is 8.29. The molecule has 0 fully saturated rings. The molecule has 2 aromatic carbocycles. The van der Waals surface area contributed by atoms with Crippen molar-refractivity contribution in [2.24, 2.45) is 0 Å². The van der Waals surface area contributed by atoms with Gasteiger partial charge in [0.25, 0.3) is 0 Å². The van der Waals surface area contributed by atoms with E-state index in [2.05, 4.69) is 5.32 Å². The maximum absolute atomic E-state index is 11.1. The van der Waals surface area contributed by atoms with Gasteiger partial charge in [-0.2, -0.15) is 0 Å². The Labute approximate surface area is 149 Å². The Morgan fingerprint density at radius 3 is 2.00 bits per heavy atom. The number of carboxylic acids is 2. The van der Waals surface area contributed by atoms with Gasteiger partial charge in [-0.1, -0.05) is 36.4 Å². The highest BCUT2D eigenvalue weighted by molar-refractivity contribution is 6.07. The molecule has 0 radical (unpaired) electrons. The van der Waals surface area contributed by atoms with Crippen LogP contribution in [0.25, 0.3) is 21.8 Å². The standard InChI is InChI=1S/C19H20N2O5/c22-12(10-20-15(19(25)26)9-18(23)24)11-21-16-7-3-1-5-13(16)14-6-2-4-8-17(14)21/h1-8,12,15,20,22H,9-11H2,(H,23,24)(H,25,26)/t12-,15-/m0/s1. The molecule has 0 aliphatic carbocycles. The molecular formula is C19H20N2O5. The Bertz CT molecular complexity index is 896. The Morgan fingerprint density at radius 1 is 0.962 bits per heavy atom. The van der Waals surface area contributed by atoms with Crippen LogP contribution < -0.4 is 5.32 Å². The van der Waals surface area contributed by atoms with E-state index in [0.717, 1.165) is 21.8 Å². The first-order chi connectivity index (χ1) is 12.5. The van der Waals surface area contributed by atoms with Gasteiger partial charge in [-0.15, -0.1) is 0 Å². The van der Waals surface area contributed by atoms with Gasteiger partial charge in [0, 0.05) is 28.4 Å². The number of aliphatic hydroxyl groups excluding tert-OH is 1. The summed E-state index contributed by atoms with van der Waals surface area (Å²) in [6, 6.07) is 14.5. The van der Waals surface area contributed by atoms with Gasteiger partial charge in [0.05, 0.1) is 19.1 Å². The van der Waals surface area contributed by atoms with Crippen LogP contribution in [0.4, 0.5) is 0 Å². The minimum Gasteiger partial charge on any atom is -0.481 e. The minimum atomic E-state index is -1.25. The lowest BCUT2D eigenvalue weighted by atomic mass is 10.2. The van der Waals surface area contributed by atoms with Gasteiger partial charge in [-0.05, 0) is 12.1 Å². The van der Waals surface area contributed by atoms with Gasteiger partial charge in [-0.25, -0.2) is 0 Å². The molecule has 0 unspecified atom stereocenters. The zero-order valence-corrected chi connectivity index (χ0v) is 14.0. The number of aliphatic carboxylic acids is 2. The molecule has 0 aliphatic heterocycles. The van der Waals surface area contributed by atoms with Crippen LogP contribution in [0.2, 0.25) is 0 Å². The van der Waals surface area contributed by atoms with E-state index in [1.54, 1.807) is 0 Å². The third-order valence-corrected chi connectivity index (χ3v) is 4.35. The number of aromatic nitrogens is 1. The molecule has 3 aromatic rings. The van der Waals surface area contributed by atoms with Gasteiger partial charge < -0.3 is 25.2 Å². The molecule has 0 amide bonds. The van der Waals surface area contributed by atoms with Gasteiger partial charge >= 0.3 is 11.9 Å². The number of carboxylic acid groups (broad SMARTS) is 2. The second-order valence-corrected chi connectivity index (χ2v) is 6.20. The van der Waals surface area contributed by atoms with Crippen LogP contribution in [0.15, 0.2) is 48.5 Å². The normalized spacial score (nSPS) is 13.7. The summed E-state index contributed by atoms with van der Waals surface area (Å²) in [6.07, 6.45) is -1.41. The number of rotatable bonds is 8. The predicted molar refractivity (Wildman–Crippen MR) is 97.1 cm³/mol. The van der Waals surface area contributed by atoms with Crippen molar-refractivity contribution in [3.63, 3.8) is 0 Å². The van der Waals surface area contributed by atoms with Gasteiger partial charge in [0.2, 0.25) is 0 Å². The molecule has 7 nitrogen and oxygen atoms in total. The first-order valence-corrected chi connectivity index (χ1v) is 8.29. The summed E-state index contributed by atoms with van der Waals surface area (Å²) in [7, 11) is 0. The van der Waals surface area contributed by atoms with Gasteiger partial charge in [0.15, 0.2) is 0 Å². The molecule has 1 aromatic heterocycles.